The van der Waals surface area contributed by atoms with Crippen LogP contribution in [-0.4, -0.2) is 52.6 Å². The average molecular weight is 263 g/mol. The highest BCUT2D eigenvalue weighted by Gasteiger charge is 2.17. The van der Waals surface area contributed by atoms with Gasteiger partial charge in [-0.15, -0.1) is 0 Å². The summed E-state index contributed by atoms with van der Waals surface area (Å²) < 4.78 is 10.8. The molecular formula is C14H21N3O2. The van der Waals surface area contributed by atoms with Crippen LogP contribution in [0.5, 0.6) is 0 Å². The Labute approximate surface area is 113 Å². The summed E-state index contributed by atoms with van der Waals surface area (Å²) in [6.07, 6.45) is 0. The summed E-state index contributed by atoms with van der Waals surface area (Å²) in [5, 5.41) is 0. The van der Waals surface area contributed by atoms with E-state index in [1.807, 2.05) is 6.07 Å². The fraction of sp³-hybridized carbons (Fsp3) is 0.571. The molecule has 2 saturated heterocycles. The lowest BCUT2D eigenvalue weighted by atomic mass is 10.2. The van der Waals surface area contributed by atoms with Crippen LogP contribution in [0, 0.1) is 0 Å². The van der Waals surface area contributed by atoms with Crippen molar-refractivity contribution >= 4 is 17.1 Å². The zero-order chi connectivity index (χ0) is 13.1. The van der Waals surface area contributed by atoms with Gasteiger partial charge in [-0.05, 0) is 18.2 Å². The van der Waals surface area contributed by atoms with Crippen molar-refractivity contribution in [1.82, 2.24) is 0 Å². The van der Waals surface area contributed by atoms with Crippen LogP contribution in [-0.2, 0) is 9.47 Å². The molecule has 2 aliphatic heterocycles. The molecule has 0 saturated carbocycles. The summed E-state index contributed by atoms with van der Waals surface area (Å²) in [5.74, 6) is 0. The van der Waals surface area contributed by atoms with Crippen LogP contribution in [0.15, 0.2) is 18.2 Å². The summed E-state index contributed by atoms with van der Waals surface area (Å²) in [6.45, 7) is 6.89. The molecule has 2 fully saturated rings. The second-order valence-corrected chi connectivity index (χ2v) is 4.94. The lowest BCUT2D eigenvalue weighted by molar-refractivity contribution is 0.122. The largest absolute Gasteiger partial charge is 0.397 e. The molecule has 0 amide bonds. The fourth-order valence-corrected chi connectivity index (χ4v) is 2.63. The van der Waals surface area contributed by atoms with E-state index in [9.17, 15) is 0 Å². The van der Waals surface area contributed by atoms with E-state index < -0.39 is 0 Å². The molecule has 0 unspecified atom stereocenters. The maximum Gasteiger partial charge on any atom is 0.0642 e. The average Bonchev–Trinajstić information content (AvgIpc) is 2.49. The Morgan fingerprint density at radius 1 is 0.842 bits per heavy atom. The van der Waals surface area contributed by atoms with E-state index in [1.54, 1.807) is 0 Å². The van der Waals surface area contributed by atoms with Gasteiger partial charge in [0.25, 0.3) is 0 Å². The number of morpholine rings is 2. The van der Waals surface area contributed by atoms with Gasteiger partial charge in [-0.2, -0.15) is 0 Å². The minimum Gasteiger partial charge on any atom is -0.397 e. The van der Waals surface area contributed by atoms with E-state index in [4.69, 9.17) is 15.2 Å². The Morgan fingerprint density at radius 2 is 1.42 bits per heavy atom. The fourth-order valence-electron chi connectivity index (χ4n) is 2.63. The lowest BCUT2D eigenvalue weighted by Crippen LogP contribution is -2.38. The number of anilines is 3. The van der Waals surface area contributed by atoms with Gasteiger partial charge < -0.3 is 25.0 Å². The number of hydrogen-bond acceptors (Lipinski definition) is 5. The van der Waals surface area contributed by atoms with Crippen molar-refractivity contribution in [3.63, 3.8) is 0 Å². The smallest absolute Gasteiger partial charge is 0.0642 e. The standard InChI is InChI=1S/C14H21N3O2/c15-13-2-1-12(16-3-7-18-8-4-16)11-14(13)17-5-9-19-10-6-17/h1-2,11H,3-10,15H2. The molecule has 5 heteroatoms. The second-order valence-electron chi connectivity index (χ2n) is 4.94. The highest BCUT2D eigenvalue weighted by atomic mass is 16.5. The molecule has 0 spiro atoms. The first-order valence-electron chi connectivity index (χ1n) is 6.89. The zero-order valence-electron chi connectivity index (χ0n) is 11.2. The summed E-state index contributed by atoms with van der Waals surface area (Å²) in [5.41, 5.74) is 9.34. The molecule has 1 aromatic carbocycles. The summed E-state index contributed by atoms with van der Waals surface area (Å²) in [7, 11) is 0. The first-order valence-corrected chi connectivity index (χ1v) is 6.89. The van der Waals surface area contributed by atoms with Crippen LogP contribution in [0.1, 0.15) is 0 Å². The van der Waals surface area contributed by atoms with E-state index in [-0.39, 0.29) is 0 Å². The highest BCUT2D eigenvalue weighted by molar-refractivity contribution is 5.73. The first kappa shape index (κ1) is 12.6. The zero-order valence-corrected chi connectivity index (χ0v) is 11.2. The molecule has 5 nitrogen and oxygen atoms in total. The van der Waals surface area contributed by atoms with Crippen molar-refractivity contribution in [2.75, 3.05) is 68.1 Å². The second kappa shape index (κ2) is 5.67. The molecule has 1 aromatic rings. The predicted molar refractivity (Wildman–Crippen MR) is 76.9 cm³/mol. The Balaban J connectivity index is 1.82. The van der Waals surface area contributed by atoms with Gasteiger partial charge in [0.1, 0.15) is 0 Å². The van der Waals surface area contributed by atoms with Crippen molar-refractivity contribution in [1.29, 1.82) is 0 Å². The van der Waals surface area contributed by atoms with Crippen molar-refractivity contribution in [3.05, 3.63) is 18.2 Å². The number of hydrogen-bond donors (Lipinski definition) is 1. The number of benzene rings is 1. The van der Waals surface area contributed by atoms with Crippen LogP contribution >= 0.6 is 0 Å². The van der Waals surface area contributed by atoms with Gasteiger partial charge in [0.2, 0.25) is 0 Å². The molecule has 2 N–H and O–H groups in total. The highest BCUT2D eigenvalue weighted by Crippen LogP contribution is 2.29. The molecule has 104 valence electrons. The lowest BCUT2D eigenvalue weighted by Gasteiger charge is -2.33. The van der Waals surface area contributed by atoms with E-state index >= 15 is 0 Å². The third kappa shape index (κ3) is 2.77. The number of ether oxygens (including phenoxy) is 2. The van der Waals surface area contributed by atoms with Crippen LogP contribution in [0.4, 0.5) is 17.1 Å². The van der Waals surface area contributed by atoms with Gasteiger partial charge in [-0.1, -0.05) is 0 Å². The molecule has 3 rings (SSSR count). The maximum absolute atomic E-state index is 6.12. The van der Waals surface area contributed by atoms with Crippen molar-refractivity contribution in [2.45, 2.75) is 0 Å². The van der Waals surface area contributed by atoms with Crippen LogP contribution < -0.4 is 15.5 Å². The number of nitrogens with two attached hydrogens (primary N) is 1. The van der Waals surface area contributed by atoms with Crippen LogP contribution in [0.2, 0.25) is 0 Å². The first-order chi connectivity index (χ1) is 9.34. The Morgan fingerprint density at radius 3 is 2.05 bits per heavy atom. The molecule has 0 atom stereocenters. The predicted octanol–water partition coefficient (Wildman–Crippen LogP) is 0.942. The maximum atomic E-state index is 6.12. The normalized spacial score (nSPS) is 20.6. The van der Waals surface area contributed by atoms with Crippen molar-refractivity contribution < 1.29 is 9.47 Å². The van der Waals surface area contributed by atoms with Crippen LogP contribution in [0.25, 0.3) is 0 Å². The van der Waals surface area contributed by atoms with Crippen molar-refractivity contribution in [3.8, 4) is 0 Å². The van der Waals surface area contributed by atoms with Gasteiger partial charge in [0, 0.05) is 31.9 Å². The van der Waals surface area contributed by atoms with Gasteiger partial charge in [0.05, 0.1) is 37.8 Å². The monoisotopic (exact) mass is 263 g/mol. The topological polar surface area (TPSA) is 51.0 Å². The molecule has 0 aliphatic carbocycles. The van der Waals surface area contributed by atoms with Gasteiger partial charge in [-0.3, -0.25) is 0 Å². The number of nitrogens with zero attached hydrogens (tertiary/aromatic N) is 2. The molecule has 19 heavy (non-hydrogen) atoms. The summed E-state index contributed by atoms with van der Waals surface area (Å²) in [4.78, 5) is 4.66. The number of nitrogen functional groups attached to an aromatic ring is 1. The number of rotatable bonds is 2. The minimum absolute atomic E-state index is 0.779. The SMILES string of the molecule is Nc1ccc(N2CCOCC2)cc1N1CCOCC1. The van der Waals surface area contributed by atoms with E-state index in [0.29, 0.717) is 0 Å². The molecule has 0 aromatic heterocycles. The summed E-state index contributed by atoms with van der Waals surface area (Å²) in [6, 6.07) is 6.31. The van der Waals surface area contributed by atoms with Crippen LogP contribution in [0.3, 0.4) is 0 Å². The van der Waals surface area contributed by atoms with E-state index in [1.165, 1.54) is 5.69 Å². The Bertz CT molecular complexity index is 427. The van der Waals surface area contributed by atoms with Gasteiger partial charge in [-0.25, -0.2) is 0 Å². The molecule has 2 heterocycles. The van der Waals surface area contributed by atoms with Crippen molar-refractivity contribution in [2.24, 2.45) is 0 Å². The van der Waals surface area contributed by atoms with Gasteiger partial charge >= 0.3 is 0 Å². The van der Waals surface area contributed by atoms with E-state index in [0.717, 1.165) is 64.0 Å². The molecular weight excluding hydrogens is 242 g/mol. The van der Waals surface area contributed by atoms with E-state index in [2.05, 4.69) is 21.9 Å². The van der Waals surface area contributed by atoms with Gasteiger partial charge in [0.15, 0.2) is 0 Å². The molecule has 2 aliphatic rings. The quantitative estimate of drug-likeness (QED) is 0.805. The third-order valence-electron chi connectivity index (χ3n) is 3.74. The molecule has 0 bridgehead atoms. The minimum atomic E-state index is 0.779. The molecule has 0 radical (unpaired) electrons. The third-order valence-corrected chi connectivity index (χ3v) is 3.74. The summed E-state index contributed by atoms with van der Waals surface area (Å²) >= 11 is 0. The Hall–Kier alpha value is -1.46. The Kier molecular flexibility index (Phi) is 3.75.